The van der Waals surface area contributed by atoms with E-state index in [0.29, 0.717) is 15.7 Å². The van der Waals surface area contributed by atoms with Gasteiger partial charge in [-0.25, -0.2) is 22.8 Å². The molecular weight excluding hydrogens is 415 g/mol. The Morgan fingerprint density at radius 2 is 2.12 bits per heavy atom. The van der Waals surface area contributed by atoms with Crippen LogP contribution in [0.3, 0.4) is 0 Å². The fraction of sp³-hybridized carbons (Fsp3) is 0.0667. The summed E-state index contributed by atoms with van der Waals surface area (Å²) in [5.41, 5.74) is 0.756. The second-order valence-electron chi connectivity index (χ2n) is 4.90. The Morgan fingerprint density at radius 3 is 2.84 bits per heavy atom. The third kappa shape index (κ3) is 3.64. The zero-order chi connectivity index (χ0) is 18.0. The third-order valence-corrected chi connectivity index (χ3v) is 5.03. The molecule has 0 bridgehead atoms. The Kier molecular flexibility index (Phi) is 4.73. The maximum Gasteiger partial charge on any atom is 0.265 e. The van der Waals surface area contributed by atoms with Gasteiger partial charge in [0.15, 0.2) is 0 Å². The molecule has 3 rings (SSSR count). The molecular formula is C15H12BrFN4O3S. The normalized spacial score (nSPS) is 11.3. The average molecular weight is 427 g/mol. The van der Waals surface area contributed by atoms with Gasteiger partial charge >= 0.3 is 0 Å². The lowest BCUT2D eigenvalue weighted by atomic mass is 10.1. The first-order valence-corrected chi connectivity index (χ1v) is 9.20. The predicted molar refractivity (Wildman–Crippen MR) is 93.3 cm³/mol. The number of H-pyrrole nitrogens is 1. The van der Waals surface area contributed by atoms with Crippen molar-refractivity contribution in [2.24, 2.45) is 0 Å². The van der Waals surface area contributed by atoms with Gasteiger partial charge in [0, 0.05) is 18.0 Å². The molecule has 0 aliphatic carbocycles. The van der Waals surface area contributed by atoms with Crippen LogP contribution in [0.1, 0.15) is 0 Å². The molecule has 0 saturated carbocycles. The summed E-state index contributed by atoms with van der Waals surface area (Å²) >= 11 is 3.13. The van der Waals surface area contributed by atoms with Gasteiger partial charge < -0.3 is 9.72 Å². The second kappa shape index (κ2) is 6.81. The van der Waals surface area contributed by atoms with E-state index in [1.54, 1.807) is 6.07 Å². The lowest BCUT2D eigenvalue weighted by Gasteiger charge is -2.11. The van der Waals surface area contributed by atoms with E-state index in [1.165, 1.54) is 43.9 Å². The van der Waals surface area contributed by atoms with Gasteiger partial charge in [0.2, 0.25) is 5.82 Å². The van der Waals surface area contributed by atoms with Gasteiger partial charge in [0.1, 0.15) is 15.3 Å². The number of nitrogens with zero attached hydrogens (tertiary/aromatic N) is 2. The van der Waals surface area contributed by atoms with Gasteiger partial charge in [-0.2, -0.15) is 0 Å². The van der Waals surface area contributed by atoms with Crippen molar-refractivity contribution in [2.45, 2.75) is 4.90 Å². The first-order valence-electron chi connectivity index (χ1n) is 6.93. The highest BCUT2D eigenvalue weighted by Gasteiger charge is 2.23. The molecule has 0 aliphatic heterocycles. The van der Waals surface area contributed by atoms with E-state index < -0.39 is 15.8 Å². The quantitative estimate of drug-likeness (QED) is 0.652. The van der Waals surface area contributed by atoms with Crippen molar-refractivity contribution in [3.05, 3.63) is 53.3 Å². The number of rotatable bonds is 5. The number of benzene rings is 1. The SMILES string of the molecule is COc1nc(Br)cnc1NS(=O)(=O)c1c[nH]cc1-c1cccc(F)c1. The molecule has 2 heterocycles. The van der Waals surface area contributed by atoms with Gasteiger partial charge in [-0.1, -0.05) is 12.1 Å². The number of aromatic nitrogens is 3. The Morgan fingerprint density at radius 1 is 1.32 bits per heavy atom. The van der Waals surface area contributed by atoms with Gasteiger partial charge in [0.05, 0.1) is 13.3 Å². The minimum absolute atomic E-state index is 0.0146. The number of nitrogens with one attached hydrogen (secondary N) is 2. The number of ether oxygens (including phenoxy) is 1. The van der Waals surface area contributed by atoms with E-state index in [1.807, 2.05) is 0 Å². The van der Waals surface area contributed by atoms with Gasteiger partial charge in [-0.3, -0.25) is 4.72 Å². The number of hydrogen-bond donors (Lipinski definition) is 2. The third-order valence-electron chi connectivity index (χ3n) is 3.27. The zero-order valence-electron chi connectivity index (χ0n) is 12.8. The summed E-state index contributed by atoms with van der Waals surface area (Å²) in [6.45, 7) is 0. The summed E-state index contributed by atoms with van der Waals surface area (Å²) in [5, 5.41) is 0. The van der Waals surface area contributed by atoms with E-state index in [2.05, 4.69) is 35.6 Å². The van der Waals surface area contributed by atoms with Crippen molar-refractivity contribution in [1.82, 2.24) is 15.0 Å². The highest BCUT2D eigenvalue weighted by Crippen LogP contribution is 2.30. The first kappa shape index (κ1) is 17.4. The van der Waals surface area contributed by atoms with Gasteiger partial charge in [-0.15, -0.1) is 0 Å². The summed E-state index contributed by atoms with van der Waals surface area (Å²) in [6, 6.07) is 5.66. The van der Waals surface area contributed by atoms with Gasteiger partial charge in [0.25, 0.3) is 15.9 Å². The zero-order valence-corrected chi connectivity index (χ0v) is 15.2. The lowest BCUT2D eigenvalue weighted by molar-refractivity contribution is 0.397. The molecule has 7 nitrogen and oxygen atoms in total. The van der Waals surface area contributed by atoms with Crippen LogP contribution in [0.2, 0.25) is 0 Å². The van der Waals surface area contributed by atoms with Crippen LogP contribution in [0.25, 0.3) is 11.1 Å². The summed E-state index contributed by atoms with van der Waals surface area (Å²) in [7, 11) is -2.66. The van der Waals surface area contributed by atoms with Crippen molar-refractivity contribution in [3.8, 4) is 17.0 Å². The fourth-order valence-corrected chi connectivity index (χ4v) is 3.66. The van der Waals surface area contributed by atoms with Crippen LogP contribution in [-0.2, 0) is 10.0 Å². The van der Waals surface area contributed by atoms with Crippen molar-refractivity contribution in [2.75, 3.05) is 11.8 Å². The Bertz CT molecular complexity index is 1020. The van der Waals surface area contributed by atoms with Crippen molar-refractivity contribution >= 4 is 31.8 Å². The predicted octanol–water partition coefficient (Wildman–Crippen LogP) is 3.18. The number of aromatic amines is 1. The van der Waals surface area contributed by atoms with E-state index in [0.717, 1.165) is 0 Å². The van der Waals surface area contributed by atoms with Crippen LogP contribution in [0.4, 0.5) is 10.2 Å². The first-order chi connectivity index (χ1) is 11.9. The lowest BCUT2D eigenvalue weighted by Crippen LogP contribution is -2.15. The topological polar surface area (TPSA) is 97.0 Å². The standard InChI is InChI=1S/C15H12BrFN4O3S/c1-24-15-14(19-8-13(16)20-15)21-25(22,23)12-7-18-6-11(12)9-3-2-4-10(17)5-9/h2-8,18H,1H3,(H,19,21). The van der Waals surface area contributed by atoms with E-state index in [4.69, 9.17) is 4.74 Å². The second-order valence-corrected chi connectivity index (χ2v) is 7.36. The van der Waals surface area contributed by atoms with Crippen LogP contribution in [0.15, 0.2) is 52.4 Å². The molecule has 2 N–H and O–H groups in total. The number of halogens is 2. The summed E-state index contributed by atoms with van der Waals surface area (Å²) in [4.78, 5) is 10.6. The molecule has 130 valence electrons. The molecule has 0 fully saturated rings. The van der Waals surface area contributed by atoms with Crippen LogP contribution >= 0.6 is 15.9 Å². The summed E-state index contributed by atoms with van der Waals surface area (Å²) in [5.74, 6) is -0.506. The summed E-state index contributed by atoms with van der Waals surface area (Å²) < 4.78 is 46.7. The highest BCUT2D eigenvalue weighted by atomic mass is 79.9. The van der Waals surface area contributed by atoms with Crippen LogP contribution in [0.5, 0.6) is 5.88 Å². The molecule has 0 unspecified atom stereocenters. The highest BCUT2D eigenvalue weighted by molar-refractivity contribution is 9.10. The molecule has 25 heavy (non-hydrogen) atoms. The van der Waals surface area contributed by atoms with Crippen LogP contribution in [0, 0.1) is 5.82 Å². The molecule has 0 atom stereocenters. The largest absolute Gasteiger partial charge is 0.478 e. The Balaban J connectivity index is 2.01. The van der Waals surface area contributed by atoms with Gasteiger partial charge in [-0.05, 0) is 33.6 Å². The molecule has 0 aliphatic rings. The smallest absolute Gasteiger partial charge is 0.265 e. The number of hydrogen-bond acceptors (Lipinski definition) is 5. The molecule has 0 saturated heterocycles. The fourth-order valence-electron chi connectivity index (χ4n) is 2.20. The molecule has 2 aromatic heterocycles. The van der Waals surface area contributed by atoms with E-state index >= 15 is 0 Å². The van der Waals surface area contributed by atoms with E-state index in [9.17, 15) is 12.8 Å². The maximum absolute atomic E-state index is 13.5. The molecule has 3 aromatic rings. The van der Waals surface area contributed by atoms with Crippen LogP contribution < -0.4 is 9.46 Å². The molecule has 0 amide bonds. The maximum atomic E-state index is 13.5. The van der Waals surface area contributed by atoms with Crippen LogP contribution in [-0.4, -0.2) is 30.5 Å². The molecule has 0 radical (unpaired) electrons. The molecule has 1 aromatic carbocycles. The minimum atomic E-state index is -4.01. The number of sulfonamides is 1. The number of anilines is 1. The average Bonchev–Trinajstić information content (AvgIpc) is 3.07. The molecule has 0 spiro atoms. The van der Waals surface area contributed by atoms with Crippen molar-refractivity contribution < 1.29 is 17.5 Å². The minimum Gasteiger partial charge on any atom is -0.478 e. The van der Waals surface area contributed by atoms with Crippen molar-refractivity contribution in [3.63, 3.8) is 0 Å². The Hall–Kier alpha value is -2.46. The monoisotopic (exact) mass is 426 g/mol. The molecule has 10 heteroatoms. The van der Waals surface area contributed by atoms with Crippen molar-refractivity contribution in [1.29, 1.82) is 0 Å². The van der Waals surface area contributed by atoms with E-state index in [-0.39, 0.29) is 16.6 Å². The Labute approximate surface area is 151 Å². The summed E-state index contributed by atoms with van der Waals surface area (Å²) in [6.07, 6.45) is 4.13. The number of methoxy groups -OCH3 is 1.